The summed E-state index contributed by atoms with van der Waals surface area (Å²) < 4.78 is 100. The first-order valence-electron chi connectivity index (χ1n) is 8.00. The molecule has 4 aliphatic carbocycles. The third-order valence-corrected chi connectivity index (χ3v) is 6.72. The Kier molecular flexibility index (Phi) is 4.42. The maximum atomic E-state index is 13.6. The van der Waals surface area contributed by atoms with Gasteiger partial charge in [-0.2, -0.15) is 30.4 Å². The number of rotatable bonds is 5. The molecule has 2 unspecified atom stereocenters. The summed E-state index contributed by atoms with van der Waals surface area (Å²) in [7, 11) is -6.38. The van der Waals surface area contributed by atoms with Gasteiger partial charge in [0, 0.05) is 5.41 Å². The molecule has 0 spiro atoms. The average Bonchev–Trinajstić information content (AvgIpc) is 2.40. The van der Waals surface area contributed by atoms with E-state index in [1.165, 1.54) is 0 Å². The summed E-state index contributed by atoms with van der Waals surface area (Å²) in [6.45, 7) is 0. The fraction of sp³-hybridized carbons (Fsp3) is 1.00. The smallest absolute Gasteiger partial charge is 0.367 e. The number of halogens is 5. The van der Waals surface area contributed by atoms with Crippen LogP contribution in [0.2, 0.25) is 0 Å². The van der Waals surface area contributed by atoms with Gasteiger partial charge in [0.05, 0.1) is 0 Å². The van der Waals surface area contributed by atoms with Crippen molar-refractivity contribution >= 4 is 10.1 Å². The van der Waals surface area contributed by atoms with Crippen molar-refractivity contribution in [1.82, 2.24) is 0 Å². The highest BCUT2D eigenvalue weighted by molar-refractivity contribution is 7.86. The van der Waals surface area contributed by atoms with Crippen molar-refractivity contribution in [2.75, 3.05) is 0 Å². The molecule has 4 rings (SSSR count). The van der Waals surface area contributed by atoms with Crippen LogP contribution in [-0.2, 0) is 14.9 Å². The zero-order chi connectivity index (χ0) is 18.8. The standard InChI is InChI=1S/C14H19F5O5S/c15-13(16,17)10(14(18,19)25(21,22)23)24-11(20)12-4-7-1-8(5-12)3-9(2-7)6-12/h7-11,20H,1-6H2,(H,21,22,23). The monoisotopic (exact) mass is 394 g/mol. The SMILES string of the molecule is O=S(=O)(O)C(F)(F)C(OC(O)C12CC3CC(CC(C3)C1)C2)C(F)(F)F. The first kappa shape index (κ1) is 19.2. The molecule has 11 heteroatoms. The van der Waals surface area contributed by atoms with E-state index < -0.39 is 39.4 Å². The lowest BCUT2D eigenvalue weighted by Gasteiger charge is -2.58. The van der Waals surface area contributed by atoms with Gasteiger partial charge in [-0.25, -0.2) is 0 Å². The summed E-state index contributed by atoms with van der Waals surface area (Å²) in [6, 6.07) is 0. The highest BCUT2D eigenvalue weighted by Crippen LogP contribution is 2.61. The second kappa shape index (κ2) is 5.74. The van der Waals surface area contributed by atoms with E-state index in [0.717, 1.165) is 19.3 Å². The summed E-state index contributed by atoms with van der Waals surface area (Å²) in [5, 5.41) is 4.63. The molecular formula is C14H19F5O5S. The third-order valence-electron chi connectivity index (χ3n) is 5.82. The minimum atomic E-state index is -6.38. The van der Waals surface area contributed by atoms with Crippen molar-refractivity contribution in [3.8, 4) is 0 Å². The molecule has 25 heavy (non-hydrogen) atoms. The van der Waals surface area contributed by atoms with Gasteiger partial charge < -0.3 is 9.84 Å². The summed E-state index contributed by atoms with van der Waals surface area (Å²) in [5.41, 5.74) is -1.08. The Morgan fingerprint density at radius 1 is 0.960 bits per heavy atom. The Morgan fingerprint density at radius 3 is 1.68 bits per heavy atom. The molecule has 4 bridgehead atoms. The van der Waals surface area contributed by atoms with Gasteiger partial charge in [-0.05, 0) is 56.3 Å². The molecule has 146 valence electrons. The number of alkyl halides is 5. The molecule has 4 fully saturated rings. The largest absolute Gasteiger partial charge is 0.421 e. The van der Waals surface area contributed by atoms with E-state index in [-0.39, 0.29) is 17.8 Å². The normalized spacial score (nSPS) is 38.0. The lowest BCUT2D eigenvalue weighted by atomic mass is 9.49. The number of aliphatic hydroxyl groups is 1. The lowest BCUT2D eigenvalue weighted by Crippen LogP contribution is -2.58. The van der Waals surface area contributed by atoms with Crippen molar-refractivity contribution < 1.29 is 44.8 Å². The van der Waals surface area contributed by atoms with Gasteiger partial charge in [0.2, 0.25) is 6.10 Å². The lowest BCUT2D eigenvalue weighted by molar-refractivity contribution is -0.331. The molecule has 2 N–H and O–H groups in total. The van der Waals surface area contributed by atoms with Crippen LogP contribution in [0, 0.1) is 23.2 Å². The number of hydrogen-bond acceptors (Lipinski definition) is 4. The zero-order valence-electron chi connectivity index (χ0n) is 13.0. The Morgan fingerprint density at radius 2 is 1.36 bits per heavy atom. The summed E-state index contributed by atoms with van der Waals surface area (Å²) in [6.07, 6.45) is -8.32. The van der Waals surface area contributed by atoms with Crippen molar-refractivity contribution in [3.05, 3.63) is 0 Å². The molecule has 0 radical (unpaired) electrons. The molecule has 0 amide bonds. The van der Waals surface area contributed by atoms with E-state index >= 15 is 0 Å². The second-order valence-electron chi connectivity index (χ2n) is 7.73. The van der Waals surface area contributed by atoms with E-state index in [2.05, 4.69) is 4.74 Å². The minimum absolute atomic E-state index is 0.205. The minimum Gasteiger partial charge on any atom is -0.367 e. The Balaban J connectivity index is 1.85. The molecule has 4 saturated carbocycles. The van der Waals surface area contributed by atoms with Crippen LogP contribution < -0.4 is 0 Å². The summed E-state index contributed by atoms with van der Waals surface area (Å²) >= 11 is 0. The van der Waals surface area contributed by atoms with Crippen LogP contribution in [0.25, 0.3) is 0 Å². The van der Waals surface area contributed by atoms with Crippen molar-refractivity contribution in [2.45, 2.75) is 62.3 Å². The molecule has 2 atom stereocenters. The predicted molar refractivity (Wildman–Crippen MR) is 74.0 cm³/mol. The number of hydrogen-bond donors (Lipinski definition) is 2. The van der Waals surface area contributed by atoms with Crippen LogP contribution >= 0.6 is 0 Å². The molecule has 0 heterocycles. The molecule has 4 aliphatic rings. The van der Waals surface area contributed by atoms with Gasteiger partial charge in [0.25, 0.3) is 0 Å². The van der Waals surface area contributed by atoms with Gasteiger partial charge in [0.1, 0.15) is 0 Å². The molecule has 0 aromatic rings. The number of aliphatic hydroxyl groups excluding tert-OH is 1. The summed E-state index contributed by atoms with van der Waals surface area (Å²) in [4.78, 5) is 0. The Bertz CT molecular complexity index is 597. The van der Waals surface area contributed by atoms with E-state index in [4.69, 9.17) is 4.55 Å². The maximum Gasteiger partial charge on any atom is 0.421 e. The van der Waals surface area contributed by atoms with Crippen molar-refractivity contribution in [2.24, 2.45) is 23.2 Å². The first-order valence-corrected chi connectivity index (χ1v) is 9.44. The van der Waals surface area contributed by atoms with Crippen LogP contribution in [0.3, 0.4) is 0 Å². The van der Waals surface area contributed by atoms with E-state index in [1.54, 1.807) is 0 Å². The van der Waals surface area contributed by atoms with E-state index in [1.807, 2.05) is 0 Å². The molecular weight excluding hydrogens is 375 g/mol. The maximum absolute atomic E-state index is 13.6. The number of ether oxygens (including phenoxy) is 1. The first-order chi connectivity index (χ1) is 11.2. The van der Waals surface area contributed by atoms with E-state index in [9.17, 15) is 35.5 Å². The van der Waals surface area contributed by atoms with Gasteiger partial charge in [-0.1, -0.05) is 0 Å². The fourth-order valence-corrected chi connectivity index (χ4v) is 5.70. The van der Waals surface area contributed by atoms with Gasteiger partial charge in [0.15, 0.2) is 6.29 Å². The molecule has 0 saturated heterocycles. The fourth-order valence-electron chi connectivity index (χ4n) is 5.24. The molecule has 5 nitrogen and oxygen atoms in total. The topological polar surface area (TPSA) is 83.8 Å². The van der Waals surface area contributed by atoms with Crippen LogP contribution in [0.5, 0.6) is 0 Å². The highest BCUT2D eigenvalue weighted by atomic mass is 32.2. The van der Waals surface area contributed by atoms with Crippen LogP contribution in [0.15, 0.2) is 0 Å². The average molecular weight is 394 g/mol. The highest BCUT2D eigenvalue weighted by Gasteiger charge is 2.66. The second-order valence-corrected chi connectivity index (χ2v) is 9.22. The molecule has 0 aromatic heterocycles. The van der Waals surface area contributed by atoms with Crippen LogP contribution in [0.4, 0.5) is 22.0 Å². The zero-order valence-corrected chi connectivity index (χ0v) is 13.9. The van der Waals surface area contributed by atoms with Crippen LogP contribution in [-0.4, -0.2) is 41.9 Å². The molecule has 0 aliphatic heterocycles. The molecule has 0 aromatic carbocycles. The Hall–Kier alpha value is -0.520. The third kappa shape index (κ3) is 3.28. The van der Waals surface area contributed by atoms with Crippen LogP contribution in [0.1, 0.15) is 38.5 Å². The summed E-state index contributed by atoms with van der Waals surface area (Å²) in [5.74, 6) is 0.614. The predicted octanol–water partition coefficient (Wildman–Crippen LogP) is 2.95. The van der Waals surface area contributed by atoms with Crippen molar-refractivity contribution in [1.29, 1.82) is 0 Å². The van der Waals surface area contributed by atoms with E-state index in [0.29, 0.717) is 19.3 Å². The quantitative estimate of drug-likeness (QED) is 0.426. The van der Waals surface area contributed by atoms with Gasteiger partial charge in [-0.15, -0.1) is 0 Å². The van der Waals surface area contributed by atoms with Crippen molar-refractivity contribution in [3.63, 3.8) is 0 Å². The van der Waals surface area contributed by atoms with Gasteiger partial charge >= 0.3 is 21.5 Å². The Labute approximate surface area is 141 Å². The van der Waals surface area contributed by atoms with Gasteiger partial charge in [-0.3, -0.25) is 4.55 Å².